The number of pyridine rings is 1. The molecule has 0 atom stereocenters. The van der Waals surface area contributed by atoms with E-state index in [1.165, 1.54) is 23.3 Å². The summed E-state index contributed by atoms with van der Waals surface area (Å²) in [6.45, 7) is 0. The van der Waals surface area contributed by atoms with Crippen molar-refractivity contribution in [3.63, 3.8) is 0 Å². The zero-order valence-electron chi connectivity index (χ0n) is 17.4. The molecule has 0 spiro atoms. The van der Waals surface area contributed by atoms with Gasteiger partial charge in [0.25, 0.3) is 5.91 Å². The van der Waals surface area contributed by atoms with Crippen molar-refractivity contribution in [1.82, 2.24) is 4.40 Å². The summed E-state index contributed by atoms with van der Waals surface area (Å²) in [7, 11) is 0. The number of anilines is 2. The number of aryl methyl sites for hydroxylation is 2. The van der Waals surface area contributed by atoms with E-state index in [4.69, 9.17) is 5.73 Å². The lowest BCUT2D eigenvalue weighted by atomic mass is 9.89. The van der Waals surface area contributed by atoms with Gasteiger partial charge in [-0.15, -0.1) is 0 Å². The number of benzene rings is 2. The normalized spacial score (nSPS) is 13.0. The van der Waals surface area contributed by atoms with Gasteiger partial charge in [0.2, 0.25) is 5.78 Å². The Morgan fingerprint density at radius 2 is 1.69 bits per heavy atom. The molecule has 0 fully saturated rings. The molecule has 2 heterocycles. The fraction of sp³-hybridized carbons (Fsp3) is 0.154. The first-order valence-corrected chi connectivity index (χ1v) is 10.7. The van der Waals surface area contributed by atoms with E-state index in [1.54, 1.807) is 40.9 Å². The van der Waals surface area contributed by atoms with E-state index in [-0.39, 0.29) is 28.4 Å². The molecular weight excluding hydrogens is 405 g/mol. The van der Waals surface area contributed by atoms with Crippen molar-refractivity contribution in [3.8, 4) is 0 Å². The minimum atomic E-state index is -0.569. The second-order valence-electron chi connectivity index (χ2n) is 8.05. The molecule has 2 aromatic heterocycles. The molecule has 0 radical (unpaired) electrons. The SMILES string of the molecule is Nc1c(C(=O)Nc2ccccc2F)c2ccccn2c1C(=O)c1ccc2c(c1)CCCC2. The Hall–Kier alpha value is -3.93. The summed E-state index contributed by atoms with van der Waals surface area (Å²) in [5.74, 6) is -1.36. The standard InChI is InChI=1S/C26H22FN3O2/c27-19-9-3-4-10-20(19)29-26(32)22-21-11-5-6-14-30(21)24(23(22)28)25(31)18-13-12-16-7-1-2-8-17(16)15-18/h3-6,9-15H,1-2,7-8,28H2,(H,29,32). The van der Waals surface area contributed by atoms with Crippen LogP contribution in [0, 0.1) is 5.82 Å². The number of nitrogen functional groups attached to an aromatic ring is 1. The summed E-state index contributed by atoms with van der Waals surface area (Å²) in [6.07, 6.45) is 5.97. The van der Waals surface area contributed by atoms with Crippen LogP contribution in [0.3, 0.4) is 0 Å². The first-order chi connectivity index (χ1) is 15.5. The molecular formula is C26H22FN3O2. The van der Waals surface area contributed by atoms with E-state index in [2.05, 4.69) is 5.32 Å². The molecule has 32 heavy (non-hydrogen) atoms. The maximum atomic E-state index is 14.1. The van der Waals surface area contributed by atoms with Gasteiger partial charge in [-0.2, -0.15) is 0 Å². The first kappa shape index (κ1) is 20.0. The average Bonchev–Trinajstić information content (AvgIpc) is 3.11. The maximum Gasteiger partial charge on any atom is 0.260 e. The Bertz CT molecular complexity index is 1370. The Morgan fingerprint density at radius 3 is 2.50 bits per heavy atom. The number of aromatic nitrogens is 1. The predicted octanol–water partition coefficient (Wildman–Crippen LogP) is 5.02. The highest BCUT2D eigenvalue weighted by molar-refractivity contribution is 6.20. The molecule has 3 N–H and O–H groups in total. The average molecular weight is 427 g/mol. The number of carbonyl (C=O) groups excluding carboxylic acids is 2. The van der Waals surface area contributed by atoms with Crippen LogP contribution in [0.4, 0.5) is 15.8 Å². The van der Waals surface area contributed by atoms with Gasteiger partial charge in [-0.3, -0.25) is 9.59 Å². The van der Waals surface area contributed by atoms with Crippen LogP contribution in [-0.4, -0.2) is 16.1 Å². The zero-order valence-corrected chi connectivity index (χ0v) is 17.4. The molecule has 160 valence electrons. The third-order valence-corrected chi connectivity index (χ3v) is 6.06. The largest absolute Gasteiger partial charge is 0.396 e. The zero-order chi connectivity index (χ0) is 22.2. The number of hydrogen-bond acceptors (Lipinski definition) is 3. The molecule has 1 amide bonds. The number of nitrogens with one attached hydrogen (secondary N) is 1. The topological polar surface area (TPSA) is 76.6 Å². The van der Waals surface area contributed by atoms with Crippen molar-refractivity contribution in [2.45, 2.75) is 25.7 Å². The summed E-state index contributed by atoms with van der Waals surface area (Å²) >= 11 is 0. The van der Waals surface area contributed by atoms with Gasteiger partial charge < -0.3 is 15.5 Å². The van der Waals surface area contributed by atoms with Gasteiger partial charge in [-0.25, -0.2) is 4.39 Å². The number of carbonyl (C=O) groups is 2. The number of amides is 1. The summed E-state index contributed by atoms with van der Waals surface area (Å²) < 4.78 is 15.7. The quantitative estimate of drug-likeness (QED) is 0.449. The van der Waals surface area contributed by atoms with Crippen LogP contribution in [0.5, 0.6) is 0 Å². The number of para-hydroxylation sites is 1. The molecule has 2 aromatic carbocycles. The summed E-state index contributed by atoms with van der Waals surface area (Å²) in [5, 5.41) is 2.57. The van der Waals surface area contributed by atoms with Gasteiger partial charge in [-0.05, 0) is 67.1 Å². The van der Waals surface area contributed by atoms with Crippen LogP contribution in [0.1, 0.15) is 50.4 Å². The molecule has 1 aliphatic carbocycles. The number of ketones is 1. The van der Waals surface area contributed by atoms with Crippen molar-refractivity contribution >= 4 is 28.6 Å². The van der Waals surface area contributed by atoms with Crippen molar-refractivity contribution in [2.24, 2.45) is 0 Å². The van der Waals surface area contributed by atoms with Gasteiger partial charge >= 0.3 is 0 Å². The summed E-state index contributed by atoms with van der Waals surface area (Å²) in [5.41, 5.74) is 10.4. The molecule has 1 aliphatic rings. The van der Waals surface area contributed by atoms with Crippen LogP contribution in [0.2, 0.25) is 0 Å². The van der Waals surface area contributed by atoms with E-state index in [0.717, 1.165) is 25.7 Å². The maximum absolute atomic E-state index is 14.1. The fourth-order valence-electron chi connectivity index (χ4n) is 4.46. The van der Waals surface area contributed by atoms with Crippen LogP contribution in [-0.2, 0) is 12.8 Å². The molecule has 5 nitrogen and oxygen atoms in total. The summed E-state index contributed by atoms with van der Waals surface area (Å²) in [6, 6.07) is 17.0. The molecule has 5 rings (SSSR count). The third-order valence-electron chi connectivity index (χ3n) is 6.06. The Kier molecular flexibility index (Phi) is 4.98. The van der Waals surface area contributed by atoms with Gasteiger partial charge in [0.1, 0.15) is 11.5 Å². The van der Waals surface area contributed by atoms with Crippen molar-refractivity contribution < 1.29 is 14.0 Å². The smallest absolute Gasteiger partial charge is 0.260 e. The van der Waals surface area contributed by atoms with Crippen LogP contribution >= 0.6 is 0 Å². The minimum Gasteiger partial charge on any atom is -0.396 e. The van der Waals surface area contributed by atoms with Gasteiger partial charge in [0.05, 0.1) is 22.5 Å². The van der Waals surface area contributed by atoms with Crippen LogP contribution in [0.15, 0.2) is 66.9 Å². The Morgan fingerprint density at radius 1 is 0.938 bits per heavy atom. The van der Waals surface area contributed by atoms with Crippen LogP contribution in [0.25, 0.3) is 5.52 Å². The molecule has 0 saturated heterocycles. The monoisotopic (exact) mass is 427 g/mol. The highest BCUT2D eigenvalue weighted by Crippen LogP contribution is 2.31. The van der Waals surface area contributed by atoms with E-state index in [0.29, 0.717) is 11.1 Å². The highest BCUT2D eigenvalue weighted by atomic mass is 19.1. The first-order valence-electron chi connectivity index (χ1n) is 10.7. The van der Waals surface area contributed by atoms with E-state index >= 15 is 0 Å². The summed E-state index contributed by atoms with van der Waals surface area (Å²) in [4.78, 5) is 26.6. The third kappa shape index (κ3) is 3.34. The lowest BCUT2D eigenvalue weighted by Crippen LogP contribution is -2.15. The van der Waals surface area contributed by atoms with Crippen molar-refractivity contribution in [3.05, 3.63) is 101 Å². The van der Waals surface area contributed by atoms with Crippen molar-refractivity contribution in [1.29, 1.82) is 0 Å². The molecule has 0 saturated carbocycles. The number of rotatable bonds is 4. The number of nitrogens with two attached hydrogens (primary N) is 1. The second kappa shape index (κ2) is 7.96. The minimum absolute atomic E-state index is 0.0507. The van der Waals surface area contributed by atoms with Gasteiger partial charge in [0, 0.05) is 11.8 Å². The number of halogens is 1. The lowest BCUT2D eigenvalue weighted by molar-refractivity contribution is 0.102. The lowest BCUT2D eigenvalue weighted by Gasteiger charge is -2.16. The fourth-order valence-corrected chi connectivity index (χ4v) is 4.46. The second-order valence-corrected chi connectivity index (χ2v) is 8.05. The van der Waals surface area contributed by atoms with Gasteiger partial charge in [0.15, 0.2) is 0 Å². The molecule has 0 aliphatic heterocycles. The number of fused-ring (bicyclic) bond motifs is 2. The van der Waals surface area contributed by atoms with Crippen molar-refractivity contribution in [2.75, 3.05) is 11.1 Å². The van der Waals surface area contributed by atoms with E-state index in [1.807, 2.05) is 18.2 Å². The predicted molar refractivity (Wildman–Crippen MR) is 123 cm³/mol. The van der Waals surface area contributed by atoms with E-state index in [9.17, 15) is 14.0 Å². The highest BCUT2D eigenvalue weighted by Gasteiger charge is 2.27. The number of hydrogen-bond donors (Lipinski definition) is 2. The molecule has 0 unspecified atom stereocenters. The van der Waals surface area contributed by atoms with E-state index < -0.39 is 11.7 Å². The molecule has 6 heteroatoms. The molecule has 4 aromatic rings. The number of nitrogens with zero attached hydrogens (tertiary/aromatic N) is 1. The Labute approximate surface area is 184 Å². The van der Waals surface area contributed by atoms with Crippen LogP contribution < -0.4 is 11.1 Å². The van der Waals surface area contributed by atoms with Gasteiger partial charge in [-0.1, -0.05) is 30.3 Å². The molecule has 0 bridgehead atoms. The Balaban J connectivity index is 1.59.